The normalized spacial score (nSPS) is 22.6. The van der Waals surface area contributed by atoms with Gasteiger partial charge < -0.3 is 5.11 Å². The molecule has 1 saturated carbocycles. The average molecular weight is 338 g/mol. The molecular weight excluding hydrogens is 322 g/mol. The molecule has 1 aromatic carbocycles. The van der Waals surface area contributed by atoms with E-state index in [4.69, 9.17) is 0 Å². The van der Waals surface area contributed by atoms with Gasteiger partial charge in [-0.15, -0.1) is 5.10 Å². The molecule has 1 aliphatic carbocycles. The van der Waals surface area contributed by atoms with Gasteiger partial charge in [0.05, 0.1) is 17.5 Å². The van der Waals surface area contributed by atoms with Crippen molar-refractivity contribution in [2.75, 3.05) is 0 Å². The lowest BCUT2D eigenvalue weighted by atomic mass is 10.1. The summed E-state index contributed by atoms with van der Waals surface area (Å²) in [5, 5.41) is 18.8. The van der Waals surface area contributed by atoms with E-state index >= 15 is 0 Å². The number of fused-ring (bicyclic) bond motifs is 1. The Balaban J connectivity index is 2.26. The van der Waals surface area contributed by atoms with Gasteiger partial charge in [0.25, 0.3) is 5.56 Å². The van der Waals surface area contributed by atoms with Crippen molar-refractivity contribution in [1.82, 2.24) is 15.0 Å². The van der Waals surface area contributed by atoms with Crippen LogP contribution in [-0.2, 0) is 0 Å². The summed E-state index contributed by atoms with van der Waals surface area (Å²) in [6.07, 6.45) is 1.89. The van der Waals surface area contributed by atoms with Crippen molar-refractivity contribution >= 4 is 26.8 Å². The summed E-state index contributed by atoms with van der Waals surface area (Å²) in [6.45, 7) is 3.91. The quantitative estimate of drug-likeness (QED) is 0.866. The molecule has 2 unspecified atom stereocenters. The minimum atomic E-state index is -0.505. The molecule has 5 nitrogen and oxygen atoms in total. The van der Waals surface area contributed by atoms with Gasteiger partial charge in [-0.3, -0.25) is 4.79 Å². The van der Waals surface area contributed by atoms with E-state index in [9.17, 15) is 9.90 Å². The van der Waals surface area contributed by atoms with Gasteiger partial charge in [-0.25, -0.2) is 4.68 Å². The highest BCUT2D eigenvalue weighted by atomic mass is 79.9. The minimum absolute atomic E-state index is 0.176. The first-order valence-electron chi connectivity index (χ1n) is 6.73. The van der Waals surface area contributed by atoms with Crippen LogP contribution in [0.3, 0.4) is 0 Å². The Bertz CT molecular complexity index is 741. The second kappa shape index (κ2) is 4.93. The van der Waals surface area contributed by atoms with Gasteiger partial charge in [0.2, 0.25) is 0 Å². The molecule has 20 heavy (non-hydrogen) atoms. The van der Waals surface area contributed by atoms with Crippen LogP contribution in [0, 0.1) is 13.8 Å². The van der Waals surface area contributed by atoms with E-state index in [0.29, 0.717) is 17.3 Å². The van der Waals surface area contributed by atoms with Crippen LogP contribution in [0.4, 0.5) is 0 Å². The lowest BCUT2D eigenvalue weighted by molar-refractivity contribution is 0.126. The lowest BCUT2D eigenvalue weighted by Gasteiger charge is -2.16. The number of hydrogen-bond acceptors (Lipinski definition) is 4. The van der Waals surface area contributed by atoms with Crippen molar-refractivity contribution in [3.05, 3.63) is 32.0 Å². The number of nitrogens with zero attached hydrogens (tertiary/aromatic N) is 3. The molecule has 0 radical (unpaired) electrons. The first-order chi connectivity index (χ1) is 9.50. The summed E-state index contributed by atoms with van der Waals surface area (Å²) in [7, 11) is 0. The van der Waals surface area contributed by atoms with Gasteiger partial charge in [-0.2, -0.15) is 0 Å². The average Bonchev–Trinajstić information content (AvgIpc) is 2.84. The van der Waals surface area contributed by atoms with Crippen LogP contribution >= 0.6 is 15.9 Å². The van der Waals surface area contributed by atoms with Crippen molar-refractivity contribution in [2.45, 2.75) is 45.3 Å². The smallest absolute Gasteiger partial charge is 0.278 e. The molecule has 1 aromatic heterocycles. The molecule has 0 saturated heterocycles. The molecule has 6 heteroatoms. The number of benzene rings is 1. The maximum Gasteiger partial charge on any atom is 0.278 e. The predicted molar refractivity (Wildman–Crippen MR) is 79.9 cm³/mol. The molecule has 1 aliphatic rings. The van der Waals surface area contributed by atoms with Crippen molar-refractivity contribution in [1.29, 1.82) is 0 Å². The van der Waals surface area contributed by atoms with Crippen molar-refractivity contribution in [3.63, 3.8) is 0 Å². The Morgan fingerprint density at radius 2 is 2.10 bits per heavy atom. The summed E-state index contributed by atoms with van der Waals surface area (Å²) >= 11 is 3.48. The van der Waals surface area contributed by atoms with Crippen molar-refractivity contribution in [3.8, 4) is 0 Å². The van der Waals surface area contributed by atoms with E-state index in [0.717, 1.165) is 28.4 Å². The van der Waals surface area contributed by atoms with Gasteiger partial charge in [-0.05, 0) is 50.3 Å². The van der Waals surface area contributed by atoms with Gasteiger partial charge in [0.1, 0.15) is 5.52 Å². The Morgan fingerprint density at radius 3 is 2.75 bits per heavy atom. The summed E-state index contributed by atoms with van der Waals surface area (Å²) in [5.74, 6) is 0. The topological polar surface area (TPSA) is 68.0 Å². The van der Waals surface area contributed by atoms with Crippen LogP contribution < -0.4 is 5.56 Å². The number of halogens is 1. The summed E-state index contributed by atoms with van der Waals surface area (Å²) < 4.78 is 2.24. The minimum Gasteiger partial charge on any atom is -0.391 e. The highest BCUT2D eigenvalue weighted by Crippen LogP contribution is 2.29. The summed E-state index contributed by atoms with van der Waals surface area (Å²) in [5.41, 5.74) is 2.48. The zero-order chi connectivity index (χ0) is 14.4. The maximum atomic E-state index is 12.6. The summed E-state index contributed by atoms with van der Waals surface area (Å²) in [4.78, 5) is 12.6. The predicted octanol–water partition coefficient (Wildman–Crippen LogP) is 2.26. The van der Waals surface area contributed by atoms with E-state index in [1.807, 2.05) is 13.8 Å². The van der Waals surface area contributed by atoms with E-state index in [-0.39, 0.29) is 11.6 Å². The van der Waals surface area contributed by atoms with Gasteiger partial charge in [-0.1, -0.05) is 21.1 Å². The monoisotopic (exact) mass is 337 g/mol. The number of aliphatic hydroxyl groups excluding tert-OH is 1. The van der Waals surface area contributed by atoms with Crippen LogP contribution in [0.1, 0.15) is 36.4 Å². The standard InChI is InChI=1S/C14H16BrN3O2/c1-7-8(2)13-9(6-10(7)15)14(20)18(17-16-13)11-4-3-5-12(11)19/h6,11-12,19H,3-5H2,1-2H3. The van der Waals surface area contributed by atoms with Gasteiger partial charge in [0.15, 0.2) is 0 Å². The number of aromatic nitrogens is 3. The van der Waals surface area contributed by atoms with E-state index in [2.05, 4.69) is 26.2 Å². The molecule has 1 fully saturated rings. The molecule has 1 N–H and O–H groups in total. The molecule has 0 bridgehead atoms. The number of hydrogen-bond donors (Lipinski definition) is 1. The van der Waals surface area contributed by atoms with Crippen LogP contribution in [0.5, 0.6) is 0 Å². The fourth-order valence-electron chi connectivity index (χ4n) is 2.83. The third kappa shape index (κ3) is 1.98. The number of rotatable bonds is 1. The molecule has 2 atom stereocenters. The Labute approximate surface area is 124 Å². The highest BCUT2D eigenvalue weighted by molar-refractivity contribution is 9.10. The molecule has 0 aliphatic heterocycles. The Morgan fingerprint density at radius 1 is 1.35 bits per heavy atom. The lowest BCUT2D eigenvalue weighted by Crippen LogP contribution is -2.32. The van der Waals surface area contributed by atoms with E-state index in [1.54, 1.807) is 6.07 Å². The summed E-state index contributed by atoms with van der Waals surface area (Å²) in [6, 6.07) is 1.55. The van der Waals surface area contributed by atoms with Crippen LogP contribution in [0.2, 0.25) is 0 Å². The molecule has 3 rings (SSSR count). The SMILES string of the molecule is Cc1c(Br)cc2c(=O)n(C3CCCC3O)nnc2c1C. The fraction of sp³-hybridized carbons (Fsp3) is 0.500. The van der Waals surface area contributed by atoms with Crippen LogP contribution in [0.15, 0.2) is 15.3 Å². The van der Waals surface area contributed by atoms with E-state index in [1.165, 1.54) is 4.68 Å². The first-order valence-corrected chi connectivity index (χ1v) is 7.53. The highest BCUT2D eigenvalue weighted by Gasteiger charge is 2.29. The second-order valence-electron chi connectivity index (χ2n) is 5.41. The first kappa shape index (κ1) is 13.7. The van der Waals surface area contributed by atoms with Crippen molar-refractivity contribution < 1.29 is 5.11 Å². The number of aliphatic hydroxyl groups is 1. The zero-order valence-corrected chi connectivity index (χ0v) is 13.0. The second-order valence-corrected chi connectivity index (χ2v) is 6.26. The van der Waals surface area contributed by atoms with Gasteiger partial charge in [0, 0.05) is 4.47 Å². The molecule has 106 valence electrons. The third-order valence-electron chi connectivity index (χ3n) is 4.24. The van der Waals surface area contributed by atoms with Crippen LogP contribution in [0.25, 0.3) is 10.9 Å². The molecule has 0 spiro atoms. The van der Waals surface area contributed by atoms with Crippen molar-refractivity contribution in [2.24, 2.45) is 0 Å². The maximum absolute atomic E-state index is 12.6. The zero-order valence-electron chi connectivity index (χ0n) is 11.4. The molecule has 2 aromatic rings. The molecule has 0 amide bonds. The molecular formula is C14H16BrN3O2. The molecule has 1 heterocycles. The van der Waals surface area contributed by atoms with E-state index < -0.39 is 6.10 Å². The largest absolute Gasteiger partial charge is 0.391 e. The number of aryl methyl sites for hydroxylation is 1. The fourth-order valence-corrected chi connectivity index (χ4v) is 3.36. The third-order valence-corrected chi connectivity index (χ3v) is 5.06. The Hall–Kier alpha value is -1.27. The van der Waals surface area contributed by atoms with Gasteiger partial charge >= 0.3 is 0 Å². The Kier molecular flexibility index (Phi) is 3.38. The van der Waals surface area contributed by atoms with Crippen LogP contribution in [-0.4, -0.2) is 26.2 Å².